The molecule has 0 aliphatic carbocycles. The molecule has 1 heterocycles. The van der Waals surface area contributed by atoms with Gasteiger partial charge in [0.25, 0.3) is 0 Å². The summed E-state index contributed by atoms with van der Waals surface area (Å²) < 4.78 is 26.9. The molecule has 22 heavy (non-hydrogen) atoms. The lowest BCUT2D eigenvalue weighted by Crippen LogP contribution is -2.50. The first kappa shape index (κ1) is 14.7. The van der Waals surface area contributed by atoms with Gasteiger partial charge in [-0.15, -0.1) is 0 Å². The number of hydrogen-bond donors (Lipinski definition) is 1. The lowest BCUT2D eigenvalue weighted by atomic mass is 9.96. The highest BCUT2D eigenvalue weighted by atomic mass is 32.2. The van der Waals surface area contributed by atoms with E-state index in [2.05, 4.69) is 0 Å². The Labute approximate surface area is 129 Å². The van der Waals surface area contributed by atoms with Crippen molar-refractivity contribution in [2.24, 2.45) is 5.73 Å². The zero-order chi connectivity index (χ0) is 15.7. The number of fused-ring (bicyclic) bond motifs is 1. The highest BCUT2D eigenvalue weighted by molar-refractivity contribution is 7.89. The van der Waals surface area contributed by atoms with Gasteiger partial charge in [-0.2, -0.15) is 4.31 Å². The van der Waals surface area contributed by atoms with Crippen molar-refractivity contribution in [3.8, 4) is 0 Å². The number of primary amides is 1. The molecule has 0 saturated carbocycles. The summed E-state index contributed by atoms with van der Waals surface area (Å²) in [4.78, 5) is 11.9. The molecule has 2 aromatic carbocycles. The first-order valence-electron chi connectivity index (χ1n) is 6.93. The minimum absolute atomic E-state index is 0.154. The Bertz CT molecular complexity index is 803. The molecule has 1 amide bonds. The van der Waals surface area contributed by atoms with Crippen LogP contribution in [-0.2, 0) is 27.8 Å². The molecule has 0 spiro atoms. The zero-order valence-electron chi connectivity index (χ0n) is 11.8. The molecule has 6 heteroatoms. The smallest absolute Gasteiger partial charge is 0.244 e. The predicted molar refractivity (Wildman–Crippen MR) is 82.3 cm³/mol. The molecular formula is C16H16N2O3S. The van der Waals surface area contributed by atoms with Crippen molar-refractivity contribution in [2.75, 3.05) is 0 Å². The minimum atomic E-state index is -3.77. The maximum atomic E-state index is 12.8. The van der Waals surface area contributed by atoms with Crippen LogP contribution >= 0.6 is 0 Å². The van der Waals surface area contributed by atoms with Gasteiger partial charge >= 0.3 is 0 Å². The number of rotatable bonds is 3. The Morgan fingerprint density at radius 3 is 2.23 bits per heavy atom. The summed E-state index contributed by atoms with van der Waals surface area (Å²) in [5, 5.41) is 0. The van der Waals surface area contributed by atoms with Crippen molar-refractivity contribution >= 4 is 15.9 Å². The molecule has 0 unspecified atom stereocenters. The first-order valence-corrected chi connectivity index (χ1v) is 8.37. The van der Waals surface area contributed by atoms with Crippen LogP contribution in [0.5, 0.6) is 0 Å². The molecule has 2 N–H and O–H groups in total. The van der Waals surface area contributed by atoms with Gasteiger partial charge in [0.1, 0.15) is 6.04 Å². The molecule has 0 saturated heterocycles. The van der Waals surface area contributed by atoms with E-state index in [4.69, 9.17) is 5.73 Å². The minimum Gasteiger partial charge on any atom is -0.368 e. The molecule has 114 valence electrons. The first-order chi connectivity index (χ1) is 10.5. The van der Waals surface area contributed by atoms with Crippen LogP contribution in [0.15, 0.2) is 59.5 Å². The van der Waals surface area contributed by atoms with Gasteiger partial charge in [-0.05, 0) is 29.7 Å². The lowest BCUT2D eigenvalue weighted by molar-refractivity contribution is -0.122. The number of hydrogen-bond acceptors (Lipinski definition) is 3. The topological polar surface area (TPSA) is 80.5 Å². The van der Waals surface area contributed by atoms with Crippen LogP contribution in [0.25, 0.3) is 0 Å². The monoisotopic (exact) mass is 316 g/mol. The second kappa shape index (κ2) is 5.55. The zero-order valence-corrected chi connectivity index (χ0v) is 12.7. The van der Waals surface area contributed by atoms with E-state index in [1.807, 2.05) is 24.3 Å². The van der Waals surface area contributed by atoms with Crippen LogP contribution in [0.1, 0.15) is 11.1 Å². The molecule has 2 aromatic rings. The number of nitrogens with two attached hydrogens (primary N) is 1. The van der Waals surface area contributed by atoms with E-state index in [-0.39, 0.29) is 11.4 Å². The lowest BCUT2D eigenvalue weighted by Gasteiger charge is -2.34. The Hall–Kier alpha value is -2.18. The fraction of sp³-hybridized carbons (Fsp3) is 0.188. The van der Waals surface area contributed by atoms with Crippen molar-refractivity contribution in [1.29, 1.82) is 0 Å². The average molecular weight is 316 g/mol. The van der Waals surface area contributed by atoms with Crippen molar-refractivity contribution in [3.63, 3.8) is 0 Å². The van der Waals surface area contributed by atoms with Crippen LogP contribution in [0.2, 0.25) is 0 Å². The molecule has 1 aliphatic rings. The number of nitrogens with zero attached hydrogens (tertiary/aromatic N) is 1. The van der Waals surface area contributed by atoms with Gasteiger partial charge in [-0.3, -0.25) is 4.79 Å². The summed E-state index contributed by atoms with van der Waals surface area (Å²) in [5.41, 5.74) is 7.31. The van der Waals surface area contributed by atoms with Crippen molar-refractivity contribution in [1.82, 2.24) is 4.31 Å². The third kappa shape index (κ3) is 2.51. The molecular weight excluding hydrogens is 300 g/mol. The van der Waals surface area contributed by atoms with Gasteiger partial charge in [-0.25, -0.2) is 8.42 Å². The Kier molecular flexibility index (Phi) is 3.72. The number of amides is 1. The van der Waals surface area contributed by atoms with E-state index in [0.29, 0.717) is 6.42 Å². The highest BCUT2D eigenvalue weighted by Gasteiger charge is 2.38. The molecule has 0 fully saturated rings. The number of benzene rings is 2. The molecule has 0 bridgehead atoms. The van der Waals surface area contributed by atoms with E-state index < -0.39 is 22.0 Å². The summed E-state index contributed by atoms with van der Waals surface area (Å²) in [7, 11) is -3.77. The van der Waals surface area contributed by atoms with Gasteiger partial charge in [-0.1, -0.05) is 42.5 Å². The molecule has 5 nitrogen and oxygen atoms in total. The molecule has 1 aliphatic heterocycles. The maximum absolute atomic E-state index is 12.8. The Morgan fingerprint density at radius 2 is 1.59 bits per heavy atom. The number of sulfonamides is 1. The molecule has 0 radical (unpaired) electrons. The maximum Gasteiger partial charge on any atom is 0.244 e. The van der Waals surface area contributed by atoms with Gasteiger partial charge in [0, 0.05) is 6.54 Å². The summed E-state index contributed by atoms with van der Waals surface area (Å²) in [5.74, 6) is -0.631. The second-order valence-electron chi connectivity index (χ2n) is 5.25. The standard InChI is InChI=1S/C16H16N2O3S/c17-16(19)15-10-12-6-4-5-7-13(12)11-18(15)22(20,21)14-8-2-1-3-9-14/h1-9,15H,10-11H2,(H2,17,19)/t15-/m0/s1. The van der Waals surface area contributed by atoms with E-state index >= 15 is 0 Å². The fourth-order valence-corrected chi connectivity index (χ4v) is 4.32. The third-order valence-corrected chi connectivity index (χ3v) is 5.75. The van der Waals surface area contributed by atoms with Gasteiger partial charge in [0.2, 0.25) is 15.9 Å². The normalized spacial score (nSPS) is 18.6. The van der Waals surface area contributed by atoms with Gasteiger partial charge < -0.3 is 5.73 Å². The van der Waals surface area contributed by atoms with Gasteiger partial charge in [0.15, 0.2) is 0 Å². The molecule has 1 atom stereocenters. The summed E-state index contributed by atoms with van der Waals surface area (Å²) in [6, 6.07) is 14.7. The Balaban J connectivity index is 2.07. The van der Waals surface area contributed by atoms with E-state index in [0.717, 1.165) is 11.1 Å². The van der Waals surface area contributed by atoms with Crippen molar-refractivity contribution in [3.05, 3.63) is 65.7 Å². The van der Waals surface area contributed by atoms with E-state index in [1.54, 1.807) is 18.2 Å². The summed E-state index contributed by atoms with van der Waals surface area (Å²) in [6.45, 7) is 0.154. The fourth-order valence-electron chi connectivity index (χ4n) is 2.72. The number of carbonyl (C=O) groups excluding carboxylic acids is 1. The third-order valence-electron chi connectivity index (χ3n) is 3.88. The van der Waals surface area contributed by atoms with Crippen LogP contribution in [0.4, 0.5) is 0 Å². The molecule has 0 aromatic heterocycles. The van der Waals surface area contributed by atoms with Crippen LogP contribution in [-0.4, -0.2) is 24.7 Å². The Morgan fingerprint density at radius 1 is 1.00 bits per heavy atom. The summed E-state index contributed by atoms with van der Waals surface area (Å²) >= 11 is 0. The molecule has 3 rings (SSSR count). The average Bonchev–Trinajstić information content (AvgIpc) is 2.54. The number of carbonyl (C=O) groups is 1. The highest BCUT2D eigenvalue weighted by Crippen LogP contribution is 2.28. The van der Waals surface area contributed by atoms with E-state index in [1.165, 1.54) is 16.4 Å². The predicted octanol–water partition coefficient (Wildman–Crippen LogP) is 1.29. The SMILES string of the molecule is NC(=O)[C@@H]1Cc2ccccc2CN1S(=O)(=O)c1ccccc1. The van der Waals surface area contributed by atoms with Crippen LogP contribution in [0.3, 0.4) is 0 Å². The largest absolute Gasteiger partial charge is 0.368 e. The summed E-state index contributed by atoms with van der Waals surface area (Å²) in [6.07, 6.45) is 0.303. The van der Waals surface area contributed by atoms with Crippen LogP contribution < -0.4 is 5.73 Å². The quantitative estimate of drug-likeness (QED) is 0.926. The van der Waals surface area contributed by atoms with E-state index in [9.17, 15) is 13.2 Å². The van der Waals surface area contributed by atoms with Gasteiger partial charge in [0.05, 0.1) is 4.90 Å². The second-order valence-corrected chi connectivity index (χ2v) is 7.14. The van der Waals surface area contributed by atoms with Crippen molar-refractivity contribution in [2.45, 2.75) is 23.9 Å². The van der Waals surface area contributed by atoms with Crippen LogP contribution in [0, 0.1) is 0 Å². The van der Waals surface area contributed by atoms with Crippen molar-refractivity contribution < 1.29 is 13.2 Å².